The second-order valence-corrected chi connectivity index (χ2v) is 7.68. The lowest BCUT2D eigenvalue weighted by Crippen LogP contribution is -2.44. The second-order valence-electron chi connectivity index (χ2n) is 6.17. The van der Waals surface area contributed by atoms with Crippen LogP contribution in [0.25, 0.3) is 0 Å². The number of nitrogens with two attached hydrogens (primary N) is 1. The molecule has 2 amide bonds. The summed E-state index contributed by atoms with van der Waals surface area (Å²) in [6, 6.07) is 9.48. The fourth-order valence-electron chi connectivity index (χ4n) is 2.39. The highest BCUT2D eigenvalue weighted by atomic mass is 32.2. The highest BCUT2D eigenvalue weighted by Gasteiger charge is 2.21. The lowest BCUT2D eigenvalue weighted by molar-refractivity contribution is -0.119. The van der Waals surface area contributed by atoms with Gasteiger partial charge in [-0.05, 0) is 55.3 Å². The van der Waals surface area contributed by atoms with E-state index >= 15 is 0 Å². The van der Waals surface area contributed by atoms with Gasteiger partial charge in [0.2, 0.25) is 5.91 Å². The number of amides is 2. The first-order valence-corrected chi connectivity index (χ1v) is 9.70. The molecule has 0 saturated carbocycles. The first-order chi connectivity index (χ1) is 13.1. The van der Waals surface area contributed by atoms with Crippen LogP contribution >= 0.6 is 0 Å². The molecule has 2 rings (SSSR count). The van der Waals surface area contributed by atoms with Crippen LogP contribution < -0.4 is 15.2 Å². The molecule has 2 aromatic rings. The van der Waals surface area contributed by atoms with Gasteiger partial charge in [-0.2, -0.15) is 8.42 Å². The number of aryl methyl sites for hydroxylation is 2. The highest BCUT2D eigenvalue weighted by molar-refractivity contribution is 7.87. The Balaban J connectivity index is 2.16. The summed E-state index contributed by atoms with van der Waals surface area (Å²) in [6.07, 6.45) is 5.11. The minimum atomic E-state index is -4.02. The molecule has 0 aromatic heterocycles. The predicted octanol–water partition coefficient (Wildman–Crippen LogP) is 1.68. The molecular formula is C20H20N2O5S. The first kappa shape index (κ1) is 21.0. The molecule has 0 fully saturated rings. The molecule has 8 heteroatoms. The van der Waals surface area contributed by atoms with Crippen molar-refractivity contribution in [3.63, 3.8) is 0 Å². The lowest BCUT2D eigenvalue weighted by atomic mass is 10.1. The molecule has 0 bridgehead atoms. The van der Waals surface area contributed by atoms with Gasteiger partial charge >= 0.3 is 10.1 Å². The van der Waals surface area contributed by atoms with Crippen LogP contribution in [0.4, 0.5) is 0 Å². The number of carbonyl (C=O) groups is 2. The third kappa shape index (κ3) is 5.11. The quantitative estimate of drug-likeness (QED) is 0.542. The van der Waals surface area contributed by atoms with Crippen molar-refractivity contribution in [2.45, 2.75) is 31.2 Å². The molecule has 0 aliphatic heterocycles. The predicted molar refractivity (Wildman–Crippen MR) is 104 cm³/mol. The van der Waals surface area contributed by atoms with Crippen molar-refractivity contribution in [2.75, 3.05) is 0 Å². The Morgan fingerprint density at radius 1 is 1.18 bits per heavy atom. The van der Waals surface area contributed by atoms with E-state index in [-0.39, 0.29) is 22.6 Å². The molecule has 0 spiro atoms. The topological polar surface area (TPSA) is 116 Å². The molecule has 0 radical (unpaired) electrons. The van der Waals surface area contributed by atoms with E-state index in [1.54, 1.807) is 26.0 Å². The maximum absolute atomic E-state index is 12.5. The van der Waals surface area contributed by atoms with Crippen LogP contribution in [0.3, 0.4) is 0 Å². The summed E-state index contributed by atoms with van der Waals surface area (Å²) in [5.74, 6) is 1.000. The van der Waals surface area contributed by atoms with Gasteiger partial charge in [0, 0.05) is 12.0 Å². The summed E-state index contributed by atoms with van der Waals surface area (Å²) in [7, 11) is -4.02. The van der Waals surface area contributed by atoms with Gasteiger partial charge in [-0.3, -0.25) is 9.59 Å². The van der Waals surface area contributed by atoms with Gasteiger partial charge < -0.3 is 15.2 Å². The fraction of sp³-hybridized carbons (Fsp3) is 0.200. The zero-order valence-corrected chi connectivity index (χ0v) is 16.2. The zero-order chi connectivity index (χ0) is 20.9. The maximum Gasteiger partial charge on any atom is 0.339 e. The molecule has 2 aromatic carbocycles. The summed E-state index contributed by atoms with van der Waals surface area (Å²) in [6.45, 7) is 3.46. The van der Waals surface area contributed by atoms with Crippen LogP contribution in [-0.2, 0) is 14.9 Å². The molecular weight excluding hydrogens is 380 g/mol. The Morgan fingerprint density at radius 3 is 2.39 bits per heavy atom. The fourth-order valence-corrected chi connectivity index (χ4v) is 3.64. The summed E-state index contributed by atoms with van der Waals surface area (Å²) in [4.78, 5) is 23.5. The Labute approximate surface area is 164 Å². The van der Waals surface area contributed by atoms with Crippen molar-refractivity contribution in [3.8, 4) is 18.1 Å². The highest BCUT2D eigenvalue weighted by Crippen LogP contribution is 2.22. The van der Waals surface area contributed by atoms with Crippen LogP contribution in [0.1, 0.15) is 27.9 Å². The molecule has 146 valence electrons. The maximum atomic E-state index is 12.5. The number of carbonyl (C=O) groups excluding carboxylic acids is 2. The number of hydrogen-bond acceptors (Lipinski definition) is 5. The Kier molecular flexibility index (Phi) is 6.44. The average Bonchev–Trinajstić information content (AvgIpc) is 2.63. The summed E-state index contributed by atoms with van der Waals surface area (Å²) in [5.41, 5.74) is 6.73. The van der Waals surface area contributed by atoms with Crippen molar-refractivity contribution in [3.05, 3.63) is 59.2 Å². The number of rotatable bonds is 7. The van der Waals surface area contributed by atoms with Gasteiger partial charge in [0.15, 0.2) is 0 Å². The third-order valence-electron chi connectivity index (χ3n) is 3.91. The molecule has 0 aliphatic rings. The van der Waals surface area contributed by atoms with Gasteiger partial charge in [-0.25, -0.2) is 0 Å². The second kappa shape index (κ2) is 8.59. The largest absolute Gasteiger partial charge is 0.379 e. The summed E-state index contributed by atoms with van der Waals surface area (Å²) < 4.78 is 30.2. The summed E-state index contributed by atoms with van der Waals surface area (Å²) in [5, 5.41) is 2.43. The standard InChI is InChI=1S/C20H20N2O5S/c1-4-5-17(19(21)23)22-20(24)15-8-10-16(11-9-15)27-28(25,26)18-12-13(2)6-7-14(18)3/h1,6-12,17H,5H2,2-3H3,(H2,21,23)(H,22,24). The molecule has 0 saturated heterocycles. The zero-order valence-electron chi connectivity index (χ0n) is 15.4. The Morgan fingerprint density at radius 2 is 1.82 bits per heavy atom. The Bertz CT molecular complexity index is 1040. The number of hydrogen-bond donors (Lipinski definition) is 2. The molecule has 0 heterocycles. The molecule has 7 nitrogen and oxygen atoms in total. The van der Waals surface area contributed by atoms with Crippen molar-refractivity contribution in [1.29, 1.82) is 0 Å². The smallest absolute Gasteiger partial charge is 0.339 e. The van der Waals surface area contributed by atoms with E-state index in [4.69, 9.17) is 16.3 Å². The van der Waals surface area contributed by atoms with E-state index in [1.807, 2.05) is 0 Å². The van der Waals surface area contributed by atoms with Gasteiger partial charge in [0.05, 0.1) is 0 Å². The van der Waals surface area contributed by atoms with Crippen LogP contribution in [0.2, 0.25) is 0 Å². The normalized spacial score (nSPS) is 11.9. The van der Waals surface area contributed by atoms with Crippen molar-refractivity contribution >= 4 is 21.9 Å². The van der Waals surface area contributed by atoms with Crippen LogP contribution in [-0.4, -0.2) is 26.3 Å². The lowest BCUT2D eigenvalue weighted by Gasteiger charge is -2.13. The van der Waals surface area contributed by atoms with E-state index in [0.29, 0.717) is 5.56 Å². The number of terminal acetylenes is 1. The van der Waals surface area contributed by atoms with Crippen LogP contribution in [0.15, 0.2) is 47.4 Å². The van der Waals surface area contributed by atoms with Crippen molar-refractivity contribution in [2.24, 2.45) is 5.73 Å². The third-order valence-corrected chi connectivity index (χ3v) is 5.30. The monoisotopic (exact) mass is 400 g/mol. The number of primary amides is 1. The minimum absolute atomic E-state index is 0.0314. The average molecular weight is 400 g/mol. The van der Waals surface area contributed by atoms with E-state index < -0.39 is 28.0 Å². The minimum Gasteiger partial charge on any atom is -0.379 e. The SMILES string of the molecule is C#CCC(NC(=O)c1ccc(OS(=O)(=O)c2cc(C)ccc2C)cc1)C(N)=O. The molecule has 1 atom stereocenters. The molecule has 28 heavy (non-hydrogen) atoms. The molecule has 1 unspecified atom stereocenters. The summed E-state index contributed by atoms with van der Waals surface area (Å²) >= 11 is 0. The van der Waals surface area contributed by atoms with Gasteiger partial charge in [0.1, 0.15) is 16.7 Å². The van der Waals surface area contributed by atoms with E-state index in [2.05, 4.69) is 11.2 Å². The van der Waals surface area contributed by atoms with Crippen molar-refractivity contribution < 1.29 is 22.2 Å². The van der Waals surface area contributed by atoms with E-state index in [1.165, 1.54) is 30.3 Å². The van der Waals surface area contributed by atoms with Crippen molar-refractivity contribution in [1.82, 2.24) is 5.32 Å². The first-order valence-electron chi connectivity index (χ1n) is 8.29. The van der Waals surface area contributed by atoms with Gasteiger partial charge in [0.25, 0.3) is 5.91 Å². The van der Waals surface area contributed by atoms with E-state index in [9.17, 15) is 18.0 Å². The number of benzene rings is 2. The van der Waals surface area contributed by atoms with Gasteiger partial charge in [-0.15, -0.1) is 12.3 Å². The van der Waals surface area contributed by atoms with Gasteiger partial charge in [-0.1, -0.05) is 12.1 Å². The van der Waals surface area contributed by atoms with Crippen LogP contribution in [0.5, 0.6) is 5.75 Å². The Hall–Kier alpha value is -3.31. The van der Waals surface area contributed by atoms with E-state index in [0.717, 1.165) is 5.56 Å². The molecule has 0 aliphatic carbocycles. The number of nitrogens with one attached hydrogen (secondary N) is 1. The van der Waals surface area contributed by atoms with Crippen LogP contribution in [0, 0.1) is 26.2 Å². The molecule has 3 N–H and O–H groups in total.